The second-order valence-corrected chi connectivity index (χ2v) is 9.97. The largest absolute Gasteiger partial charge is 0.506 e. The van der Waals surface area contributed by atoms with Crippen molar-refractivity contribution in [2.75, 3.05) is 37.8 Å². The van der Waals surface area contributed by atoms with Crippen molar-refractivity contribution in [1.82, 2.24) is 5.32 Å². The molecule has 0 bridgehead atoms. The third-order valence-corrected chi connectivity index (χ3v) is 5.86. The summed E-state index contributed by atoms with van der Waals surface area (Å²) in [7, 11) is -2.23. The van der Waals surface area contributed by atoms with E-state index >= 15 is 0 Å². The fourth-order valence-corrected chi connectivity index (χ4v) is 4.00. The van der Waals surface area contributed by atoms with E-state index < -0.39 is 22.1 Å². The van der Waals surface area contributed by atoms with Crippen molar-refractivity contribution >= 4 is 27.8 Å². The second kappa shape index (κ2) is 12.9. The predicted molar refractivity (Wildman–Crippen MR) is 143 cm³/mol. The summed E-state index contributed by atoms with van der Waals surface area (Å²) in [5.74, 6) is 0.0621. The van der Waals surface area contributed by atoms with Crippen LogP contribution < -0.4 is 14.8 Å². The number of anilines is 1. The number of methoxy groups -OCH3 is 1. The van der Waals surface area contributed by atoms with E-state index in [0.717, 1.165) is 22.9 Å². The molecule has 37 heavy (non-hydrogen) atoms. The minimum atomic E-state index is -3.56. The van der Waals surface area contributed by atoms with Crippen LogP contribution in [-0.4, -0.2) is 57.7 Å². The molecule has 0 fully saturated rings. The van der Waals surface area contributed by atoms with Crippen molar-refractivity contribution < 1.29 is 32.9 Å². The first kappa shape index (κ1) is 27.7. The summed E-state index contributed by atoms with van der Waals surface area (Å²) in [5.41, 5.74) is 3.35. The van der Waals surface area contributed by atoms with Gasteiger partial charge in [0.05, 0.1) is 25.2 Å². The normalized spacial score (nSPS) is 12.3. The molecule has 0 aliphatic carbocycles. The summed E-state index contributed by atoms with van der Waals surface area (Å²) >= 11 is 0. The van der Waals surface area contributed by atoms with Crippen LogP contribution in [0.4, 0.5) is 5.69 Å². The maximum absolute atomic E-state index is 11.4. The van der Waals surface area contributed by atoms with Gasteiger partial charge in [-0.05, 0) is 58.7 Å². The highest BCUT2D eigenvalue weighted by Crippen LogP contribution is 2.28. The lowest BCUT2D eigenvalue weighted by atomic mass is 10.0. The molecule has 0 amide bonds. The first-order chi connectivity index (χ1) is 17.6. The van der Waals surface area contributed by atoms with Crippen LogP contribution >= 0.6 is 0 Å². The van der Waals surface area contributed by atoms with Gasteiger partial charge in [-0.3, -0.25) is 4.72 Å². The molecule has 3 rings (SSSR count). The van der Waals surface area contributed by atoms with Gasteiger partial charge in [-0.1, -0.05) is 36.4 Å². The Morgan fingerprint density at radius 2 is 1.81 bits per heavy atom. The molecule has 3 aromatic carbocycles. The van der Waals surface area contributed by atoms with Gasteiger partial charge in [0.15, 0.2) is 0 Å². The Bertz CT molecular complexity index is 1340. The molecule has 0 spiro atoms. The first-order valence-corrected chi connectivity index (χ1v) is 13.3. The van der Waals surface area contributed by atoms with E-state index in [1.54, 1.807) is 6.08 Å². The van der Waals surface area contributed by atoms with E-state index in [-0.39, 0.29) is 18.0 Å². The average molecular weight is 527 g/mol. The molecule has 9 nitrogen and oxygen atoms in total. The summed E-state index contributed by atoms with van der Waals surface area (Å²) in [6.07, 6.45) is 3.15. The lowest BCUT2D eigenvalue weighted by molar-refractivity contribution is -0.134. The Morgan fingerprint density at radius 3 is 2.51 bits per heavy atom. The highest BCUT2D eigenvalue weighted by Gasteiger charge is 2.13. The van der Waals surface area contributed by atoms with E-state index in [0.29, 0.717) is 24.5 Å². The zero-order valence-electron chi connectivity index (χ0n) is 20.5. The first-order valence-electron chi connectivity index (χ1n) is 11.4. The third kappa shape index (κ3) is 8.94. The lowest BCUT2D eigenvalue weighted by Gasteiger charge is -2.15. The van der Waals surface area contributed by atoms with Gasteiger partial charge < -0.3 is 25.0 Å². The number of benzene rings is 3. The molecular weight excluding hydrogens is 496 g/mol. The van der Waals surface area contributed by atoms with Gasteiger partial charge in [0, 0.05) is 19.2 Å². The molecule has 0 heterocycles. The topological polar surface area (TPSA) is 134 Å². The Labute approximate surface area is 216 Å². The molecular formula is C27H30N2O7S. The molecule has 4 N–H and O–H groups in total. The average Bonchev–Trinajstić information content (AvgIpc) is 2.88. The van der Waals surface area contributed by atoms with E-state index in [4.69, 9.17) is 4.74 Å². The van der Waals surface area contributed by atoms with Crippen molar-refractivity contribution in [2.45, 2.75) is 6.10 Å². The van der Waals surface area contributed by atoms with Gasteiger partial charge in [0.2, 0.25) is 10.0 Å². The standard InChI is InChI=1S/C27H30N2O7S/c1-35-27(32)13-6-19-4-3-5-21(16-19)20-7-10-23(11-8-20)36-15-14-28-18-26(31)22-9-12-25(30)24(17-22)29-37(2,33)34/h3-13,16-17,26,28-31H,14-15,18H2,1-2H3/t26-/m0/s1. The fourth-order valence-electron chi connectivity index (χ4n) is 3.44. The number of aromatic hydroxyl groups is 1. The number of carbonyl (C=O) groups excluding carboxylic acids is 1. The summed E-state index contributed by atoms with van der Waals surface area (Å²) in [6, 6.07) is 19.6. The molecule has 196 valence electrons. The van der Waals surface area contributed by atoms with Gasteiger partial charge >= 0.3 is 5.97 Å². The van der Waals surface area contributed by atoms with Crippen LogP contribution in [0.1, 0.15) is 17.2 Å². The number of phenols is 1. The van der Waals surface area contributed by atoms with Crippen molar-refractivity contribution in [3.63, 3.8) is 0 Å². The predicted octanol–water partition coefficient (Wildman–Crippen LogP) is 3.32. The van der Waals surface area contributed by atoms with Crippen molar-refractivity contribution in [3.8, 4) is 22.6 Å². The molecule has 0 aromatic heterocycles. The SMILES string of the molecule is COC(=O)C=Cc1cccc(-c2ccc(OCCNC[C@H](O)c3ccc(O)c(NS(C)(=O)=O)c3)cc2)c1. The number of aliphatic hydroxyl groups is 1. The fraction of sp³-hybridized carbons (Fsp3) is 0.222. The van der Waals surface area contributed by atoms with Crippen LogP contribution in [0.15, 0.2) is 72.8 Å². The number of sulfonamides is 1. The molecule has 0 saturated carbocycles. The number of hydrogen-bond acceptors (Lipinski definition) is 8. The highest BCUT2D eigenvalue weighted by atomic mass is 32.2. The Kier molecular flexibility index (Phi) is 9.67. The van der Waals surface area contributed by atoms with Gasteiger partial charge in [0.1, 0.15) is 18.1 Å². The second-order valence-electron chi connectivity index (χ2n) is 8.23. The van der Waals surface area contributed by atoms with Gasteiger partial charge in [0.25, 0.3) is 0 Å². The molecule has 0 aliphatic heterocycles. The zero-order chi connectivity index (χ0) is 26.8. The van der Waals surface area contributed by atoms with Crippen LogP contribution in [0, 0.1) is 0 Å². The monoisotopic (exact) mass is 526 g/mol. The quantitative estimate of drug-likeness (QED) is 0.122. The highest BCUT2D eigenvalue weighted by molar-refractivity contribution is 7.92. The Balaban J connectivity index is 1.47. The Morgan fingerprint density at radius 1 is 1.05 bits per heavy atom. The van der Waals surface area contributed by atoms with Crippen molar-refractivity contribution in [3.05, 3.63) is 83.9 Å². The van der Waals surface area contributed by atoms with E-state index in [9.17, 15) is 23.4 Å². The van der Waals surface area contributed by atoms with Crippen molar-refractivity contribution in [1.29, 1.82) is 0 Å². The van der Waals surface area contributed by atoms with E-state index in [1.165, 1.54) is 31.4 Å². The molecule has 10 heteroatoms. The number of phenolic OH excluding ortho intramolecular Hbond substituents is 1. The number of aliphatic hydroxyl groups excluding tert-OH is 1. The molecule has 0 aliphatic rings. The number of hydrogen-bond donors (Lipinski definition) is 4. The van der Waals surface area contributed by atoms with Crippen LogP contribution in [0.5, 0.6) is 11.5 Å². The molecule has 1 atom stereocenters. The summed E-state index contributed by atoms with van der Waals surface area (Å²) in [5, 5.41) is 23.3. The van der Waals surface area contributed by atoms with Crippen LogP contribution in [0.25, 0.3) is 17.2 Å². The van der Waals surface area contributed by atoms with Crippen LogP contribution in [-0.2, 0) is 19.6 Å². The minimum Gasteiger partial charge on any atom is -0.506 e. The Hall–Kier alpha value is -3.86. The molecule has 0 radical (unpaired) electrons. The summed E-state index contributed by atoms with van der Waals surface area (Å²) < 4.78 is 35.4. The van der Waals surface area contributed by atoms with E-state index in [2.05, 4.69) is 14.8 Å². The number of nitrogens with one attached hydrogen (secondary N) is 2. The maximum Gasteiger partial charge on any atom is 0.330 e. The lowest BCUT2D eigenvalue weighted by Crippen LogP contribution is -2.26. The maximum atomic E-state index is 11.4. The van der Waals surface area contributed by atoms with Crippen LogP contribution in [0.2, 0.25) is 0 Å². The van der Waals surface area contributed by atoms with Gasteiger partial charge in [-0.25, -0.2) is 13.2 Å². The zero-order valence-corrected chi connectivity index (χ0v) is 21.4. The number of carbonyl (C=O) groups is 1. The third-order valence-electron chi connectivity index (χ3n) is 5.27. The number of ether oxygens (including phenoxy) is 2. The smallest absolute Gasteiger partial charge is 0.330 e. The van der Waals surface area contributed by atoms with Crippen LogP contribution in [0.3, 0.4) is 0 Å². The summed E-state index contributed by atoms with van der Waals surface area (Å²) in [4.78, 5) is 11.3. The van der Waals surface area contributed by atoms with Gasteiger partial charge in [-0.15, -0.1) is 0 Å². The molecule has 3 aromatic rings. The van der Waals surface area contributed by atoms with Crippen molar-refractivity contribution in [2.24, 2.45) is 0 Å². The van der Waals surface area contributed by atoms with Gasteiger partial charge in [-0.2, -0.15) is 0 Å². The number of rotatable bonds is 12. The minimum absolute atomic E-state index is 0.00946. The van der Waals surface area contributed by atoms with E-state index in [1.807, 2.05) is 48.5 Å². The molecule has 0 saturated heterocycles. The number of esters is 1. The molecule has 0 unspecified atom stereocenters. The summed E-state index contributed by atoms with van der Waals surface area (Å²) in [6.45, 7) is 1.06.